The van der Waals surface area contributed by atoms with Gasteiger partial charge in [0.05, 0.1) is 18.7 Å². The minimum Gasteiger partial charge on any atom is -0.491 e. The van der Waals surface area contributed by atoms with E-state index in [1.54, 1.807) is 4.68 Å². The van der Waals surface area contributed by atoms with Crippen molar-refractivity contribution in [3.8, 4) is 17.3 Å². The van der Waals surface area contributed by atoms with Gasteiger partial charge in [0.15, 0.2) is 5.82 Å². The van der Waals surface area contributed by atoms with Crippen LogP contribution in [-0.2, 0) is 6.54 Å². The van der Waals surface area contributed by atoms with Crippen molar-refractivity contribution in [3.05, 3.63) is 88.9 Å². The van der Waals surface area contributed by atoms with Crippen molar-refractivity contribution < 1.29 is 18.6 Å². The number of para-hydroxylation sites is 1. The van der Waals surface area contributed by atoms with E-state index in [1.165, 1.54) is 0 Å². The van der Waals surface area contributed by atoms with E-state index in [1.807, 2.05) is 70.3 Å². The molecule has 0 aliphatic carbocycles. The average Bonchev–Trinajstić information content (AvgIpc) is 3.30. The van der Waals surface area contributed by atoms with Gasteiger partial charge >= 0.3 is 0 Å². The Morgan fingerprint density at radius 2 is 1.77 bits per heavy atom. The van der Waals surface area contributed by atoms with Crippen LogP contribution in [0.2, 0.25) is 0 Å². The van der Waals surface area contributed by atoms with Crippen LogP contribution in [0.15, 0.2) is 54.7 Å². The van der Waals surface area contributed by atoms with Crippen molar-refractivity contribution >= 4 is 22.4 Å². The van der Waals surface area contributed by atoms with E-state index in [-0.39, 0.29) is 37.0 Å². The van der Waals surface area contributed by atoms with E-state index < -0.39 is 11.6 Å². The van der Waals surface area contributed by atoms with Gasteiger partial charge in [0.2, 0.25) is 0 Å². The molecule has 3 heterocycles. The Morgan fingerprint density at radius 1 is 1.02 bits per heavy atom. The van der Waals surface area contributed by atoms with Gasteiger partial charge in [-0.1, -0.05) is 32.0 Å². The SMILES string of the molecule is Cc1cc(Nc2cc(C(C)C)nc(-c3nn(Cc4c(F)cc(OCCO)cc4F)c4ccccc34)n2)c(C)cn1. The van der Waals surface area contributed by atoms with Crippen molar-refractivity contribution in [2.75, 3.05) is 18.5 Å². The van der Waals surface area contributed by atoms with Crippen LogP contribution in [-0.4, -0.2) is 43.1 Å². The molecule has 0 aliphatic rings. The molecule has 0 amide bonds. The molecule has 10 heteroatoms. The molecule has 2 N–H and O–H groups in total. The molecule has 0 aliphatic heterocycles. The van der Waals surface area contributed by atoms with Gasteiger partial charge in [0.25, 0.3) is 0 Å². The fourth-order valence-electron chi connectivity index (χ4n) is 4.37. The van der Waals surface area contributed by atoms with Gasteiger partial charge in [-0.25, -0.2) is 18.7 Å². The number of fused-ring (bicyclic) bond motifs is 1. The van der Waals surface area contributed by atoms with E-state index in [0.717, 1.165) is 40.2 Å². The summed E-state index contributed by atoms with van der Waals surface area (Å²) in [5.74, 6) is -0.385. The zero-order valence-electron chi connectivity index (χ0n) is 22.7. The molecular formula is C30H30F2N6O2. The molecule has 5 rings (SSSR count). The summed E-state index contributed by atoms with van der Waals surface area (Å²) in [5.41, 5.74) is 4.61. The molecule has 0 atom stereocenters. The quantitative estimate of drug-likeness (QED) is 0.232. The van der Waals surface area contributed by atoms with Gasteiger partial charge in [-0.05, 0) is 37.5 Å². The monoisotopic (exact) mass is 544 g/mol. The van der Waals surface area contributed by atoms with Gasteiger partial charge in [-0.3, -0.25) is 9.67 Å². The maximum absolute atomic E-state index is 15.0. The lowest BCUT2D eigenvalue weighted by atomic mass is 10.1. The van der Waals surface area contributed by atoms with Gasteiger partial charge in [-0.2, -0.15) is 5.10 Å². The lowest BCUT2D eigenvalue weighted by molar-refractivity contribution is 0.200. The zero-order valence-corrected chi connectivity index (χ0v) is 22.7. The normalized spacial score (nSPS) is 11.4. The van der Waals surface area contributed by atoms with Gasteiger partial charge in [0, 0.05) is 52.4 Å². The standard InChI is InChI=1S/C30H30F2N6O2/c1-17(2)25-14-28(34-26-11-19(4)33-15-18(26)3)36-30(35-25)29-21-7-5-6-8-27(21)38(37-29)16-22-23(31)12-20(13-24(22)32)40-10-9-39/h5-8,11-15,17,39H,9-10,16H2,1-4H3,(H,33,34,35,36). The lowest BCUT2D eigenvalue weighted by Gasteiger charge is -2.13. The maximum atomic E-state index is 15.0. The summed E-state index contributed by atoms with van der Waals surface area (Å²) >= 11 is 0. The molecule has 8 nitrogen and oxygen atoms in total. The number of aliphatic hydroxyl groups is 1. The molecule has 2 aromatic carbocycles. The van der Waals surface area contributed by atoms with Gasteiger partial charge in [0.1, 0.15) is 35.5 Å². The van der Waals surface area contributed by atoms with Gasteiger partial charge < -0.3 is 15.2 Å². The second-order valence-electron chi connectivity index (χ2n) is 9.88. The minimum absolute atomic E-state index is 0.0115. The number of halogens is 2. The van der Waals surface area contributed by atoms with Crippen LogP contribution in [0.5, 0.6) is 5.75 Å². The summed E-state index contributed by atoms with van der Waals surface area (Å²) in [4.78, 5) is 13.9. The number of benzene rings is 2. The molecule has 0 saturated heterocycles. The third kappa shape index (κ3) is 5.62. The van der Waals surface area contributed by atoms with Crippen molar-refractivity contribution in [2.24, 2.45) is 0 Å². The molecule has 206 valence electrons. The van der Waals surface area contributed by atoms with Crippen molar-refractivity contribution in [3.63, 3.8) is 0 Å². The molecule has 0 radical (unpaired) electrons. The summed E-state index contributed by atoms with van der Waals surface area (Å²) in [5, 5.41) is 17.8. The Morgan fingerprint density at radius 3 is 2.50 bits per heavy atom. The van der Waals surface area contributed by atoms with E-state index >= 15 is 0 Å². The molecule has 3 aromatic heterocycles. The fourth-order valence-corrected chi connectivity index (χ4v) is 4.37. The molecule has 0 bridgehead atoms. The highest BCUT2D eigenvalue weighted by Gasteiger charge is 2.20. The second-order valence-corrected chi connectivity index (χ2v) is 9.88. The number of ether oxygens (including phenoxy) is 1. The third-order valence-electron chi connectivity index (χ3n) is 6.49. The van der Waals surface area contributed by atoms with Crippen LogP contribution in [0.1, 0.15) is 42.3 Å². The highest BCUT2D eigenvalue weighted by molar-refractivity contribution is 5.92. The van der Waals surface area contributed by atoms with Crippen molar-refractivity contribution in [1.29, 1.82) is 0 Å². The topological polar surface area (TPSA) is 98.0 Å². The first-order chi connectivity index (χ1) is 19.2. The predicted octanol–water partition coefficient (Wildman–Crippen LogP) is 6.07. The first-order valence-electron chi connectivity index (χ1n) is 13.0. The second kappa shape index (κ2) is 11.4. The van der Waals surface area contributed by atoms with Crippen LogP contribution < -0.4 is 10.1 Å². The average molecular weight is 545 g/mol. The maximum Gasteiger partial charge on any atom is 0.182 e. The molecule has 0 unspecified atom stereocenters. The largest absolute Gasteiger partial charge is 0.491 e. The van der Waals surface area contributed by atoms with E-state index in [4.69, 9.17) is 24.9 Å². The van der Waals surface area contributed by atoms with Crippen LogP contribution in [0, 0.1) is 25.5 Å². The summed E-state index contributed by atoms with van der Waals surface area (Å²) in [7, 11) is 0. The number of pyridine rings is 1. The smallest absolute Gasteiger partial charge is 0.182 e. The molecular weight excluding hydrogens is 514 g/mol. The number of aromatic nitrogens is 5. The Kier molecular flexibility index (Phi) is 7.70. The number of hydrogen-bond donors (Lipinski definition) is 2. The first kappa shape index (κ1) is 27.1. The highest BCUT2D eigenvalue weighted by atomic mass is 19.1. The van der Waals surface area contributed by atoms with Crippen molar-refractivity contribution in [2.45, 2.75) is 40.2 Å². The van der Waals surface area contributed by atoms with Crippen molar-refractivity contribution in [1.82, 2.24) is 24.7 Å². The molecule has 5 aromatic rings. The van der Waals surface area contributed by atoms with E-state index in [9.17, 15) is 8.78 Å². The summed E-state index contributed by atoms with van der Waals surface area (Å²) in [6.07, 6.45) is 1.81. The summed E-state index contributed by atoms with van der Waals surface area (Å²) in [6, 6.07) is 13.5. The number of nitrogens with one attached hydrogen (secondary N) is 1. The molecule has 40 heavy (non-hydrogen) atoms. The Bertz CT molecular complexity index is 1660. The number of nitrogens with zero attached hydrogens (tertiary/aromatic N) is 5. The predicted molar refractivity (Wildman–Crippen MR) is 150 cm³/mol. The third-order valence-corrected chi connectivity index (χ3v) is 6.49. The molecule has 0 fully saturated rings. The van der Waals surface area contributed by atoms with Crippen LogP contribution in [0.25, 0.3) is 22.4 Å². The Balaban J connectivity index is 1.57. The summed E-state index contributed by atoms with van der Waals surface area (Å²) < 4.78 is 36.6. The van der Waals surface area contributed by atoms with Crippen LogP contribution in [0.3, 0.4) is 0 Å². The first-order valence-corrected chi connectivity index (χ1v) is 13.0. The Labute approximate surface area is 230 Å². The number of aliphatic hydroxyl groups excluding tert-OH is 1. The fraction of sp³-hybridized carbons (Fsp3) is 0.267. The summed E-state index contributed by atoms with van der Waals surface area (Å²) in [6.45, 7) is 7.53. The lowest BCUT2D eigenvalue weighted by Crippen LogP contribution is -2.08. The molecule has 0 saturated carbocycles. The zero-order chi connectivity index (χ0) is 28.4. The molecule has 0 spiro atoms. The number of aryl methyl sites for hydroxylation is 2. The van der Waals surface area contributed by atoms with Gasteiger partial charge in [-0.15, -0.1) is 0 Å². The minimum atomic E-state index is -0.762. The van der Waals surface area contributed by atoms with E-state index in [0.29, 0.717) is 22.9 Å². The highest BCUT2D eigenvalue weighted by Crippen LogP contribution is 2.31. The van der Waals surface area contributed by atoms with Crippen LogP contribution in [0.4, 0.5) is 20.3 Å². The number of rotatable bonds is 9. The van der Waals surface area contributed by atoms with Crippen LogP contribution >= 0.6 is 0 Å². The number of anilines is 2. The van der Waals surface area contributed by atoms with E-state index in [2.05, 4.69) is 10.3 Å². The Hall–Kier alpha value is -4.44. The number of hydrogen-bond acceptors (Lipinski definition) is 7.